The summed E-state index contributed by atoms with van der Waals surface area (Å²) in [5.74, 6) is -2.01. The van der Waals surface area contributed by atoms with E-state index in [1.54, 1.807) is 6.92 Å². The summed E-state index contributed by atoms with van der Waals surface area (Å²) in [6.45, 7) is 1.77. The van der Waals surface area contributed by atoms with Gasteiger partial charge >= 0.3 is 11.7 Å². The van der Waals surface area contributed by atoms with Gasteiger partial charge in [-0.2, -0.15) is 0 Å². The van der Waals surface area contributed by atoms with Crippen molar-refractivity contribution in [2.45, 2.75) is 25.8 Å². The first-order valence-corrected chi connectivity index (χ1v) is 5.31. The number of rotatable bonds is 5. The second-order valence-corrected chi connectivity index (χ2v) is 3.64. The smallest absolute Gasteiger partial charge is 0.326 e. The van der Waals surface area contributed by atoms with E-state index < -0.39 is 29.2 Å². The molecular weight excluding hydrogens is 242 g/mol. The van der Waals surface area contributed by atoms with Crippen molar-refractivity contribution in [3.05, 3.63) is 32.6 Å². The molecule has 1 heterocycles. The highest BCUT2D eigenvalue weighted by atomic mass is 16.4. The van der Waals surface area contributed by atoms with Crippen LogP contribution < -0.4 is 16.6 Å². The van der Waals surface area contributed by atoms with Gasteiger partial charge in [-0.15, -0.1) is 0 Å². The van der Waals surface area contributed by atoms with Gasteiger partial charge in [0.25, 0.3) is 11.5 Å². The number of H-pyrrole nitrogens is 2. The Labute approximate surface area is 101 Å². The van der Waals surface area contributed by atoms with E-state index in [0.717, 1.165) is 6.20 Å². The molecule has 0 aliphatic carbocycles. The molecule has 4 N–H and O–H groups in total. The average molecular weight is 255 g/mol. The van der Waals surface area contributed by atoms with Crippen LogP contribution in [-0.4, -0.2) is 33.0 Å². The van der Waals surface area contributed by atoms with E-state index >= 15 is 0 Å². The maximum Gasteiger partial charge on any atom is 0.326 e. The van der Waals surface area contributed by atoms with E-state index in [1.807, 2.05) is 4.98 Å². The Balaban J connectivity index is 2.90. The van der Waals surface area contributed by atoms with E-state index in [2.05, 4.69) is 10.3 Å². The molecule has 0 fully saturated rings. The molecule has 98 valence electrons. The molecule has 1 aromatic rings. The first-order valence-electron chi connectivity index (χ1n) is 5.31. The van der Waals surface area contributed by atoms with E-state index in [1.165, 1.54) is 0 Å². The lowest BCUT2D eigenvalue weighted by atomic mass is 10.1. The van der Waals surface area contributed by atoms with Crippen LogP contribution in [0, 0.1) is 0 Å². The molecule has 0 bridgehead atoms. The summed E-state index contributed by atoms with van der Waals surface area (Å²) >= 11 is 0. The van der Waals surface area contributed by atoms with E-state index in [9.17, 15) is 19.2 Å². The third kappa shape index (κ3) is 3.30. The van der Waals surface area contributed by atoms with Gasteiger partial charge in [0.15, 0.2) is 0 Å². The molecular formula is C10H13N3O5. The first kappa shape index (κ1) is 13.7. The van der Waals surface area contributed by atoms with Crippen molar-refractivity contribution >= 4 is 11.9 Å². The number of carboxylic acids is 1. The van der Waals surface area contributed by atoms with Gasteiger partial charge in [-0.05, 0) is 6.42 Å². The molecule has 1 aromatic heterocycles. The molecule has 0 saturated carbocycles. The molecule has 0 saturated heterocycles. The summed E-state index contributed by atoms with van der Waals surface area (Å²) in [7, 11) is 0. The van der Waals surface area contributed by atoms with Crippen LogP contribution in [0.4, 0.5) is 0 Å². The lowest BCUT2D eigenvalue weighted by Crippen LogP contribution is -2.43. The molecule has 8 nitrogen and oxygen atoms in total. The number of carbonyl (C=O) groups is 2. The van der Waals surface area contributed by atoms with Gasteiger partial charge in [0, 0.05) is 6.20 Å². The highest BCUT2D eigenvalue weighted by Gasteiger charge is 2.21. The minimum absolute atomic E-state index is 0.252. The Bertz CT molecular complexity index is 559. The number of hydrogen-bond donors (Lipinski definition) is 4. The Kier molecular flexibility index (Phi) is 4.41. The Hall–Kier alpha value is -2.38. The summed E-state index contributed by atoms with van der Waals surface area (Å²) in [4.78, 5) is 48.6. The molecule has 1 amide bonds. The minimum Gasteiger partial charge on any atom is -0.480 e. The summed E-state index contributed by atoms with van der Waals surface area (Å²) in [6.07, 6.45) is 1.77. The van der Waals surface area contributed by atoms with Crippen LogP contribution in [0.3, 0.4) is 0 Å². The highest BCUT2D eigenvalue weighted by Crippen LogP contribution is 1.98. The Morgan fingerprint density at radius 3 is 2.61 bits per heavy atom. The van der Waals surface area contributed by atoms with Crippen molar-refractivity contribution in [3.8, 4) is 0 Å². The fourth-order valence-corrected chi connectivity index (χ4v) is 1.36. The predicted molar refractivity (Wildman–Crippen MR) is 61.5 cm³/mol. The number of amides is 1. The van der Waals surface area contributed by atoms with Crippen molar-refractivity contribution in [2.75, 3.05) is 0 Å². The Morgan fingerprint density at radius 2 is 2.11 bits per heavy atom. The zero-order chi connectivity index (χ0) is 13.7. The summed E-state index contributed by atoms with van der Waals surface area (Å²) in [5, 5.41) is 11.1. The molecule has 1 rings (SSSR count). The third-order valence-electron chi connectivity index (χ3n) is 2.24. The predicted octanol–water partition coefficient (Wildman–Crippen LogP) is -0.954. The summed E-state index contributed by atoms with van der Waals surface area (Å²) < 4.78 is 0. The van der Waals surface area contributed by atoms with Gasteiger partial charge in [0.1, 0.15) is 11.6 Å². The summed E-state index contributed by atoms with van der Waals surface area (Å²) in [5.41, 5.74) is -1.94. The highest BCUT2D eigenvalue weighted by molar-refractivity contribution is 5.95. The van der Waals surface area contributed by atoms with Gasteiger partial charge in [0.2, 0.25) is 0 Å². The number of carbonyl (C=O) groups excluding carboxylic acids is 1. The maximum absolute atomic E-state index is 11.7. The minimum atomic E-state index is -1.17. The van der Waals surface area contributed by atoms with E-state index in [-0.39, 0.29) is 12.0 Å². The van der Waals surface area contributed by atoms with Crippen molar-refractivity contribution < 1.29 is 14.7 Å². The van der Waals surface area contributed by atoms with Gasteiger partial charge in [0.05, 0.1) is 0 Å². The molecule has 0 aromatic carbocycles. The van der Waals surface area contributed by atoms with Gasteiger partial charge in [-0.3, -0.25) is 14.6 Å². The largest absolute Gasteiger partial charge is 0.480 e. The van der Waals surface area contributed by atoms with Crippen molar-refractivity contribution in [1.82, 2.24) is 15.3 Å². The SMILES string of the molecule is CCCC(NC(=O)c1c[nH]c(=O)[nH]c1=O)C(=O)O. The fraction of sp³-hybridized carbons (Fsp3) is 0.400. The van der Waals surface area contributed by atoms with E-state index in [4.69, 9.17) is 5.11 Å². The normalized spacial score (nSPS) is 11.8. The summed E-state index contributed by atoms with van der Waals surface area (Å²) in [6, 6.07) is -1.06. The standard InChI is InChI=1S/C10H13N3O5/c1-2-3-6(9(16)17)12-7(14)5-4-11-10(18)13-8(5)15/h4,6H,2-3H2,1H3,(H,12,14)(H,16,17)(H2,11,13,15,18). The monoisotopic (exact) mass is 255 g/mol. The quantitative estimate of drug-likeness (QED) is 0.538. The van der Waals surface area contributed by atoms with E-state index in [0.29, 0.717) is 6.42 Å². The van der Waals surface area contributed by atoms with Crippen LogP contribution in [0.5, 0.6) is 0 Å². The first-order chi connectivity index (χ1) is 8.45. The van der Waals surface area contributed by atoms with Crippen LogP contribution in [0.25, 0.3) is 0 Å². The lowest BCUT2D eigenvalue weighted by Gasteiger charge is -2.12. The number of hydrogen-bond acceptors (Lipinski definition) is 4. The molecule has 8 heteroatoms. The lowest BCUT2D eigenvalue weighted by molar-refractivity contribution is -0.139. The molecule has 1 atom stereocenters. The number of carboxylic acid groups (broad SMARTS) is 1. The fourth-order valence-electron chi connectivity index (χ4n) is 1.36. The number of nitrogens with one attached hydrogen (secondary N) is 3. The second kappa shape index (κ2) is 5.80. The average Bonchev–Trinajstić information content (AvgIpc) is 2.27. The van der Waals surface area contributed by atoms with Crippen LogP contribution in [0.1, 0.15) is 30.1 Å². The van der Waals surface area contributed by atoms with Gasteiger partial charge < -0.3 is 15.4 Å². The van der Waals surface area contributed by atoms with Crippen LogP contribution in [0.15, 0.2) is 15.8 Å². The zero-order valence-corrected chi connectivity index (χ0v) is 9.65. The molecule has 0 spiro atoms. The molecule has 0 aliphatic rings. The molecule has 0 aliphatic heterocycles. The van der Waals surface area contributed by atoms with Crippen molar-refractivity contribution in [3.63, 3.8) is 0 Å². The Morgan fingerprint density at radius 1 is 1.44 bits per heavy atom. The molecule has 18 heavy (non-hydrogen) atoms. The zero-order valence-electron chi connectivity index (χ0n) is 9.65. The van der Waals surface area contributed by atoms with Gasteiger partial charge in [-0.1, -0.05) is 13.3 Å². The molecule has 0 radical (unpaired) electrons. The van der Waals surface area contributed by atoms with Crippen molar-refractivity contribution in [1.29, 1.82) is 0 Å². The third-order valence-corrected chi connectivity index (χ3v) is 2.24. The molecule has 1 unspecified atom stereocenters. The second-order valence-electron chi connectivity index (χ2n) is 3.64. The van der Waals surface area contributed by atoms with Crippen molar-refractivity contribution in [2.24, 2.45) is 0 Å². The number of aromatic nitrogens is 2. The van der Waals surface area contributed by atoms with Crippen LogP contribution in [-0.2, 0) is 4.79 Å². The van der Waals surface area contributed by atoms with Crippen LogP contribution in [0.2, 0.25) is 0 Å². The maximum atomic E-state index is 11.7. The number of aromatic amines is 2. The van der Waals surface area contributed by atoms with Crippen LogP contribution >= 0.6 is 0 Å². The topological polar surface area (TPSA) is 132 Å². The van der Waals surface area contributed by atoms with Gasteiger partial charge in [-0.25, -0.2) is 9.59 Å². The number of aliphatic carboxylic acids is 1.